The summed E-state index contributed by atoms with van der Waals surface area (Å²) in [4.78, 5) is 36.3. The maximum absolute atomic E-state index is 12.6. The van der Waals surface area contributed by atoms with Crippen molar-refractivity contribution in [1.29, 1.82) is 0 Å². The first-order chi connectivity index (χ1) is 12.0. The zero-order chi connectivity index (χ0) is 18.4. The van der Waals surface area contributed by atoms with E-state index in [-0.39, 0.29) is 23.7 Å². The van der Waals surface area contributed by atoms with E-state index in [2.05, 4.69) is 10.6 Å². The van der Waals surface area contributed by atoms with Crippen LogP contribution in [0.1, 0.15) is 50.4 Å². The number of rotatable bonds is 8. The molecule has 2 atom stereocenters. The summed E-state index contributed by atoms with van der Waals surface area (Å²) < 4.78 is 4.93. The molecule has 1 aromatic carbocycles. The van der Waals surface area contributed by atoms with Crippen molar-refractivity contribution >= 4 is 23.5 Å². The molecule has 1 aliphatic carbocycles. The Bertz CT molecular complexity index is 623. The van der Waals surface area contributed by atoms with Gasteiger partial charge >= 0.3 is 5.97 Å². The van der Waals surface area contributed by atoms with Crippen LogP contribution in [0.2, 0.25) is 0 Å². The predicted octanol–water partition coefficient (Wildman–Crippen LogP) is 2.74. The van der Waals surface area contributed by atoms with Crippen molar-refractivity contribution in [1.82, 2.24) is 5.32 Å². The van der Waals surface area contributed by atoms with Gasteiger partial charge in [-0.15, -0.1) is 0 Å². The van der Waals surface area contributed by atoms with Gasteiger partial charge in [-0.25, -0.2) is 4.79 Å². The molecule has 25 heavy (non-hydrogen) atoms. The van der Waals surface area contributed by atoms with Gasteiger partial charge in [-0.05, 0) is 49.9 Å². The van der Waals surface area contributed by atoms with Gasteiger partial charge < -0.3 is 15.4 Å². The van der Waals surface area contributed by atoms with Crippen LogP contribution in [0.5, 0.6) is 0 Å². The number of benzene rings is 1. The van der Waals surface area contributed by atoms with Crippen molar-refractivity contribution in [3.63, 3.8) is 0 Å². The predicted molar refractivity (Wildman–Crippen MR) is 95.1 cm³/mol. The Kier molecular flexibility index (Phi) is 6.56. The molecule has 0 spiro atoms. The van der Waals surface area contributed by atoms with Gasteiger partial charge in [0.15, 0.2) is 0 Å². The molecule has 0 unspecified atom stereocenters. The van der Waals surface area contributed by atoms with Crippen molar-refractivity contribution in [3.05, 3.63) is 29.8 Å². The summed E-state index contributed by atoms with van der Waals surface area (Å²) in [5, 5.41) is 5.69. The van der Waals surface area contributed by atoms with Crippen LogP contribution >= 0.6 is 0 Å². The van der Waals surface area contributed by atoms with E-state index < -0.39 is 12.0 Å². The number of nitrogens with one attached hydrogen (secondary N) is 2. The van der Waals surface area contributed by atoms with Crippen molar-refractivity contribution in [2.24, 2.45) is 11.8 Å². The highest BCUT2D eigenvalue weighted by Gasteiger charge is 2.34. The zero-order valence-electron chi connectivity index (χ0n) is 15.0. The lowest BCUT2D eigenvalue weighted by Crippen LogP contribution is -2.48. The fourth-order valence-corrected chi connectivity index (χ4v) is 2.44. The molecule has 0 aromatic heterocycles. The summed E-state index contributed by atoms with van der Waals surface area (Å²) >= 11 is 0. The standard InChI is InChI=1S/C19H26N2O4/c1-4-12(3)16(21-17(22)13-6-7-13)18(23)20-15-10-8-14(9-11-15)19(24)25-5-2/h8-13,16H,4-7H2,1-3H3,(H,20,23)(H,21,22)/t12-,16-/m0/s1. The molecule has 1 saturated carbocycles. The third kappa shape index (κ3) is 5.31. The van der Waals surface area contributed by atoms with Crippen LogP contribution in [0, 0.1) is 11.8 Å². The number of esters is 1. The Hall–Kier alpha value is -2.37. The van der Waals surface area contributed by atoms with E-state index in [4.69, 9.17) is 4.74 Å². The Morgan fingerprint density at radius 1 is 1.16 bits per heavy atom. The van der Waals surface area contributed by atoms with Crippen molar-refractivity contribution in [2.75, 3.05) is 11.9 Å². The molecule has 0 heterocycles. The van der Waals surface area contributed by atoms with E-state index in [9.17, 15) is 14.4 Å². The highest BCUT2D eigenvalue weighted by atomic mass is 16.5. The molecule has 1 aromatic rings. The van der Waals surface area contributed by atoms with Gasteiger partial charge in [0, 0.05) is 11.6 Å². The van der Waals surface area contributed by atoms with Crippen LogP contribution in [-0.2, 0) is 14.3 Å². The molecular formula is C19H26N2O4. The van der Waals surface area contributed by atoms with E-state index in [1.807, 2.05) is 13.8 Å². The van der Waals surface area contributed by atoms with E-state index >= 15 is 0 Å². The first-order valence-corrected chi connectivity index (χ1v) is 8.84. The van der Waals surface area contributed by atoms with Crippen LogP contribution in [0.3, 0.4) is 0 Å². The van der Waals surface area contributed by atoms with Gasteiger partial charge in [0.2, 0.25) is 11.8 Å². The Balaban J connectivity index is 2.01. The molecule has 1 fully saturated rings. The molecule has 0 saturated heterocycles. The largest absolute Gasteiger partial charge is 0.462 e. The molecule has 2 N–H and O–H groups in total. The van der Waals surface area contributed by atoms with E-state index in [1.54, 1.807) is 31.2 Å². The number of amides is 2. The lowest BCUT2D eigenvalue weighted by Gasteiger charge is -2.23. The number of carbonyl (C=O) groups is 3. The summed E-state index contributed by atoms with van der Waals surface area (Å²) in [5.41, 5.74) is 1.01. The first-order valence-electron chi connectivity index (χ1n) is 8.84. The van der Waals surface area contributed by atoms with Crippen molar-refractivity contribution < 1.29 is 19.1 Å². The molecule has 2 rings (SSSR count). The Morgan fingerprint density at radius 3 is 2.32 bits per heavy atom. The van der Waals surface area contributed by atoms with Gasteiger partial charge in [0.25, 0.3) is 0 Å². The Labute approximate surface area is 148 Å². The van der Waals surface area contributed by atoms with Crippen LogP contribution in [0.4, 0.5) is 5.69 Å². The number of hydrogen-bond acceptors (Lipinski definition) is 4. The third-order valence-corrected chi connectivity index (χ3v) is 4.40. The minimum atomic E-state index is -0.567. The smallest absolute Gasteiger partial charge is 0.338 e. The van der Waals surface area contributed by atoms with Gasteiger partial charge in [0.1, 0.15) is 6.04 Å². The summed E-state index contributed by atoms with van der Waals surface area (Å²) in [6.07, 6.45) is 2.58. The third-order valence-electron chi connectivity index (χ3n) is 4.40. The van der Waals surface area contributed by atoms with E-state index in [1.165, 1.54) is 0 Å². The summed E-state index contributed by atoms with van der Waals surface area (Å²) in [6.45, 7) is 6.00. The number of hydrogen-bond donors (Lipinski definition) is 2. The quantitative estimate of drug-likeness (QED) is 0.709. The van der Waals surface area contributed by atoms with Crippen molar-refractivity contribution in [2.45, 2.75) is 46.1 Å². The average Bonchev–Trinajstić information content (AvgIpc) is 3.44. The lowest BCUT2D eigenvalue weighted by molar-refractivity contribution is -0.128. The second-order valence-corrected chi connectivity index (χ2v) is 6.43. The molecule has 6 heteroatoms. The fraction of sp³-hybridized carbons (Fsp3) is 0.526. The monoisotopic (exact) mass is 346 g/mol. The SMILES string of the molecule is CCOC(=O)c1ccc(NC(=O)[C@@H](NC(=O)C2CC2)[C@@H](C)CC)cc1. The number of carbonyl (C=O) groups excluding carboxylic acids is 3. The van der Waals surface area contributed by atoms with Gasteiger partial charge in [-0.3, -0.25) is 9.59 Å². The molecule has 2 amide bonds. The summed E-state index contributed by atoms with van der Waals surface area (Å²) in [6, 6.07) is 5.95. The number of anilines is 1. The molecule has 0 bridgehead atoms. The van der Waals surface area contributed by atoms with Gasteiger partial charge in [-0.1, -0.05) is 20.3 Å². The van der Waals surface area contributed by atoms with Crippen LogP contribution in [0.25, 0.3) is 0 Å². The maximum Gasteiger partial charge on any atom is 0.338 e. The average molecular weight is 346 g/mol. The van der Waals surface area contributed by atoms with Gasteiger partial charge in [-0.2, -0.15) is 0 Å². The highest BCUT2D eigenvalue weighted by molar-refractivity contribution is 5.98. The maximum atomic E-state index is 12.6. The molecule has 6 nitrogen and oxygen atoms in total. The first kappa shape index (κ1) is 19.0. The van der Waals surface area contributed by atoms with E-state index in [0.29, 0.717) is 17.9 Å². The minimum absolute atomic E-state index is 0.0292. The highest BCUT2D eigenvalue weighted by Crippen LogP contribution is 2.29. The van der Waals surface area contributed by atoms with Crippen LogP contribution in [-0.4, -0.2) is 30.4 Å². The molecule has 1 aliphatic rings. The van der Waals surface area contributed by atoms with E-state index in [0.717, 1.165) is 19.3 Å². The van der Waals surface area contributed by atoms with Gasteiger partial charge in [0.05, 0.1) is 12.2 Å². The normalized spacial score (nSPS) is 15.8. The second kappa shape index (κ2) is 8.65. The zero-order valence-corrected chi connectivity index (χ0v) is 15.0. The molecule has 0 radical (unpaired) electrons. The molecule has 136 valence electrons. The van der Waals surface area contributed by atoms with Crippen LogP contribution < -0.4 is 10.6 Å². The van der Waals surface area contributed by atoms with Crippen LogP contribution in [0.15, 0.2) is 24.3 Å². The molecular weight excluding hydrogens is 320 g/mol. The topological polar surface area (TPSA) is 84.5 Å². The Morgan fingerprint density at radius 2 is 1.80 bits per heavy atom. The summed E-state index contributed by atoms with van der Waals surface area (Å²) in [7, 11) is 0. The second-order valence-electron chi connectivity index (χ2n) is 6.43. The minimum Gasteiger partial charge on any atom is -0.462 e. The lowest BCUT2D eigenvalue weighted by atomic mass is 9.98. The number of ether oxygens (including phenoxy) is 1. The fourth-order valence-electron chi connectivity index (χ4n) is 2.44. The molecule has 0 aliphatic heterocycles. The van der Waals surface area contributed by atoms with Crippen molar-refractivity contribution in [3.8, 4) is 0 Å². The summed E-state index contributed by atoms with van der Waals surface area (Å²) in [5.74, 6) is -0.593.